The van der Waals surface area contributed by atoms with Crippen LogP contribution in [0.4, 0.5) is 15.6 Å². The first kappa shape index (κ1) is 23.3. The Bertz CT molecular complexity index is 1150. The Kier molecular flexibility index (Phi) is 6.62. The van der Waals surface area contributed by atoms with E-state index in [1.807, 2.05) is 0 Å². The Balaban J connectivity index is 1.72. The molecule has 2 aromatic rings. The second-order valence-corrected chi connectivity index (χ2v) is 7.49. The molecule has 1 saturated heterocycles. The van der Waals surface area contributed by atoms with E-state index in [0.717, 1.165) is 33.3 Å². The van der Waals surface area contributed by atoms with Crippen LogP contribution in [0.2, 0.25) is 0 Å². The predicted octanol–water partition coefficient (Wildman–Crippen LogP) is -0.475. The summed E-state index contributed by atoms with van der Waals surface area (Å²) in [6.07, 6.45) is 0. The van der Waals surface area contributed by atoms with Gasteiger partial charge in [-0.2, -0.15) is 0 Å². The Morgan fingerprint density at radius 2 is 2.09 bits per heavy atom. The lowest BCUT2D eigenvalue weighted by Crippen LogP contribution is -2.68. The molecule has 0 bridgehead atoms. The zero-order valence-corrected chi connectivity index (χ0v) is 17.8. The third-order valence-corrected chi connectivity index (χ3v) is 5.10. The number of hydrogen-bond donors (Lipinski definition) is 5. The van der Waals surface area contributed by atoms with Crippen LogP contribution in [0.15, 0.2) is 28.7 Å². The fourth-order valence-corrected chi connectivity index (χ4v) is 3.40. The number of nitrogens with one attached hydrogen (secondary N) is 1. The van der Waals surface area contributed by atoms with Crippen molar-refractivity contribution in [1.82, 2.24) is 15.2 Å². The van der Waals surface area contributed by atoms with Crippen molar-refractivity contribution in [2.75, 3.05) is 30.8 Å². The summed E-state index contributed by atoms with van der Waals surface area (Å²) in [7, 11) is 1.22. The Labute approximate surface area is 189 Å². The molecule has 0 spiro atoms. The molecule has 1 aliphatic heterocycles. The third-order valence-electron chi connectivity index (χ3n) is 4.42. The number of urea groups is 1. The van der Waals surface area contributed by atoms with Gasteiger partial charge >= 0.3 is 12.0 Å². The number of carboxylic acids is 1. The number of anilines is 2. The molecule has 1 fully saturated rings. The zero-order valence-electron chi connectivity index (χ0n) is 17.0. The van der Waals surface area contributed by atoms with E-state index in [1.165, 1.54) is 18.6 Å². The molecule has 174 valence electrons. The van der Waals surface area contributed by atoms with Crippen LogP contribution in [0.1, 0.15) is 5.69 Å². The number of imide groups is 1. The maximum absolute atomic E-state index is 12.8. The van der Waals surface area contributed by atoms with E-state index < -0.39 is 47.9 Å². The molecule has 1 aromatic carbocycles. The number of aromatic hydroxyl groups is 2. The third kappa shape index (κ3) is 4.93. The Hall–Kier alpha value is -4.40. The van der Waals surface area contributed by atoms with Crippen LogP contribution in [-0.2, 0) is 19.2 Å². The number of β-lactam (4-membered cyclic amide) rings is 1. The number of nitrogens with two attached hydrogens (primary N) is 1. The molecule has 3 rings (SSSR count). The van der Waals surface area contributed by atoms with Crippen molar-refractivity contribution in [2.45, 2.75) is 6.04 Å². The van der Waals surface area contributed by atoms with Crippen LogP contribution < -0.4 is 16.0 Å². The summed E-state index contributed by atoms with van der Waals surface area (Å²) in [5.74, 6) is -4.01. The van der Waals surface area contributed by atoms with E-state index >= 15 is 0 Å². The molecular formula is C18H18N6O8S. The summed E-state index contributed by atoms with van der Waals surface area (Å²) < 4.78 is 0. The number of carbonyl (C=O) groups is 4. The molecule has 1 atom stereocenters. The largest absolute Gasteiger partial charge is 0.504 e. The fraction of sp³-hybridized carbons (Fsp3) is 0.222. The summed E-state index contributed by atoms with van der Waals surface area (Å²) in [6, 6.07) is 1.17. The number of phenolic OH excluding ortho intramolecular Hbond substituents is 2. The minimum Gasteiger partial charge on any atom is -0.504 e. The number of amides is 4. The van der Waals surface area contributed by atoms with E-state index in [4.69, 9.17) is 10.8 Å². The number of phenols is 2. The monoisotopic (exact) mass is 478 g/mol. The van der Waals surface area contributed by atoms with Gasteiger partial charge in [0.1, 0.15) is 25.4 Å². The Morgan fingerprint density at radius 1 is 1.36 bits per heavy atom. The van der Waals surface area contributed by atoms with Crippen molar-refractivity contribution in [3.63, 3.8) is 0 Å². The molecule has 4 amide bonds. The number of rotatable bonds is 7. The second kappa shape index (κ2) is 9.39. The molecule has 1 aliphatic rings. The van der Waals surface area contributed by atoms with E-state index in [9.17, 15) is 29.4 Å². The van der Waals surface area contributed by atoms with Crippen molar-refractivity contribution in [3.8, 4) is 11.5 Å². The smallest absolute Gasteiger partial charge is 0.331 e. The summed E-state index contributed by atoms with van der Waals surface area (Å²) in [5, 5.41) is 35.9. The highest BCUT2D eigenvalue weighted by molar-refractivity contribution is 7.13. The molecule has 6 N–H and O–H groups in total. The van der Waals surface area contributed by atoms with Crippen molar-refractivity contribution < 1.29 is 39.3 Å². The summed E-state index contributed by atoms with van der Waals surface area (Å²) in [6.45, 7) is -1.07. The van der Waals surface area contributed by atoms with E-state index in [-0.39, 0.29) is 28.8 Å². The van der Waals surface area contributed by atoms with Gasteiger partial charge in [0.25, 0.3) is 11.8 Å². The molecule has 33 heavy (non-hydrogen) atoms. The number of carbonyl (C=O) groups excluding carboxylic acids is 3. The topological polar surface area (TPSA) is 208 Å². The lowest BCUT2D eigenvalue weighted by atomic mass is 10.1. The van der Waals surface area contributed by atoms with Gasteiger partial charge in [-0.25, -0.2) is 9.78 Å². The number of hydrogen-bond acceptors (Lipinski definition) is 11. The fourth-order valence-electron chi connectivity index (χ4n) is 2.85. The molecular weight excluding hydrogens is 460 g/mol. The SMILES string of the molecule is CO/N=C(\C(=O)N[C@H]1CN(C(=O)N(CC(=O)O)c2ccc(O)c(O)c2)C1=O)c1csc(N)n1. The molecule has 0 unspecified atom stereocenters. The van der Waals surface area contributed by atoms with Crippen LogP contribution in [0.25, 0.3) is 0 Å². The van der Waals surface area contributed by atoms with Gasteiger partial charge in [-0.1, -0.05) is 5.16 Å². The molecule has 1 aromatic heterocycles. The molecule has 0 radical (unpaired) electrons. The minimum absolute atomic E-state index is 0.0615. The number of carboxylic acid groups (broad SMARTS) is 1. The van der Waals surface area contributed by atoms with Gasteiger partial charge in [-0.15, -0.1) is 11.3 Å². The molecule has 0 saturated carbocycles. The van der Waals surface area contributed by atoms with Crippen molar-refractivity contribution in [1.29, 1.82) is 0 Å². The van der Waals surface area contributed by atoms with Gasteiger partial charge in [-0.05, 0) is 12.1 Å². The number of aliphatic carboxylic acids is 1. The first-order valence-corrected chi connectivity index (χ1v) is 10.00. The highest BCUT2D eigenvalue weighted by Crippen LogP contribution is 2.30. The van der Waals surface area contributed by atoms with Crippen LogP contribution in [0.3, 0.4) is 0 Å². The average Bonchev–Trinajstić information content (AvgIpc) is 3.19. The summed E-state index contributed by atoms with van der Waals surface area (Å²) in [5.41, 5.74) is 5.41. The molecule has 14 nitrogen and oxygen atoms in total. The number of aromatic nitrogens is 1. The summed E-state index contributed by atoms with van der Waals surface area (Å²) >= 11 is 1.07. The van der Waals surface area contributed by atoms with Gasteiger partial charge in [-0.3, -0.25) is 24.2 Å². The van der Waals surface area contributed by atoms with Gasteiger partial charge < -0.3 is 31.2 Å². The van der Waals surface area contributed by atoms with E-state index in [1.54, 1.807) is 0 Å². The average molecular weight is 478 g/mol. The van der Waals surface area contributed by atoms with Crippen molar-refractivity contribution in [3.05, 3.63) is 29.3 Å². The quantitative estimate of drug-likeness (QED) is 0.149. The van der Waals surface area contributed by atoms with Gasteiger partial charge in [0, 0.05) is 11.4 Å². The highest BCUT2D eigenvalue weighted by atomic mass is 32.1. The number of nitrogen functional groups attached to an aromatic ring is 1. The lowest BCUT2D eigenvalue weighted by Gasteiger charge is -2.39. The Morgan fingerprint density at radius 3 is 2.64 bits per heavy atom. The number of likely N-dealkylation sites (tertiary alicyclic amines) is 1. The van der Waals surface area contributed by atoms with Gasteiger partial charge in [0.05, 0.1) is 12.2 Å². The van der Waals surface area contributed by atoms with E-state index in [2.05, 4.69) is 20.3 Å². The number of thiazole rings is 1. The number of nitrogens with zero attached hydrogens (tertiary/aromatic N) is 4. The normalized spacial score (nSPS) is 15.5. The molecule has 0 aliphatic carbocycles. The lowest BCUT2D eigenvalue weighted by molar-refractivity contribution is -0.141. The van der Waals surface area contributed by atoms with Crippen LogP contribution in [0, 0.1) is 0 Å². The zero-order chi connectivity index (χ0) is 24.3. The summed E-state index contributed by atoms with van der Waals surface area (Å²) in [4.78, 5) is 59.1. The first-order valence-electron chi connectivity index (χ1n) is 9.12. The number of oxime groups is 1. The van der Waals surface area contributed by atoms with E-state index in [0.29, 0.717) is 0 Å². The first-order chi connectivity index (χ1) is 15.6. The maximum Gasteiger partial charge on any atom is 0.331 e. The number of benzene rings is 1. The minimum atomic E-state index is -1.38. The van der Waals surface area contributed by atoms with Gasteiger partial charge in [0.15, 0.2) is 22.3 Å². The second-order valence-electron chi connectivity index (χ2n) is 6.60. The van der Waals surface area contributed by atoms with Crippen LogP contribution >= 0.6 is 11.3 Å². The van der Waals surface area contributed by atoms with Crippen molar-refractivity contribution in [2.24, 2.45) is 5.16 Å². The maximum atomic E-state index is 12.8. The van der Waals surface area contributed by atoms with Gasteiger partial charge in [0.2, 0.25) is 0 Å². The van der Waals surface area contributed by atoms with Crippen LogP contribution in [-0.4, -0.2) is 81.0 Å². The standard InChI is InChI=1S/C18H18N6O8S/c1-32-22-14(10-7-33-17(19)21-10)15(29)20-9-5-24(16(9)30)18(31)23(6-13(27)28)8-2-3-11(25)12(26)4-8/h2-4,7,9,25-26H,5-6H2,1H3,(H2,19,21)(H,20,29)(H,27,28)/b22-14-/t9-/m0/s1. The molecule has 15 heteroatoms. The molecule has 2 heterocycles. The van der Waals surface area contributed by atoms with Crippen molar-refractivity contribution >= 4 is 51.7 Å². The van der Waals surface area contributed by atoms with Crippen LogP contribution in [0.5, 0.6) is 11.5 Å². The predicted molar refractivity (Wildman–Crippen MR) is 114 cm³/mol. The highest BCUT2D eigenvalue weighted by Gasteiger charge is 2.44.